The number of hydrogen-bond donors (Lipinski definition) is 0. The van der Waals surface area contributed by atoms with Crippen molar-refractivity contribution in [1.82, 2.24) is 19.7 Å². The molecule has 0 fully saturated rings. The summed E-state index contributed by atoms with van der Waals surface area (Å²) in [4.78, 5) is 10.6. The molecule has 0 N–H and O–H groups in total. The zero-order chi connectivity index (χ0) is 14.7. The largest absolute Gasteiger partial charge is 0.481 e. The molecule has 0 aliphatic heterocycles. The van der Waals surface area contributed by atoms with Crippen molar-refractivity contribution in [3.05, 3.63) is 23.5 Å². The van der Waals surface area contributed by atoms with Crippen LogP contribution in [0.2, 0.25) is 0 Å². The number of ether oxygens (including phenoxy) is 2. The maximum Gasteiger partial charge on any atom is 0.232 e. The van der Waals surface area contributed by atoms with E-state index in [1.165, 1.54) is 0 Å². The molecule has 0 aromatic carbocycles. The van der Waals surface area contributed by atoms with Crippen molar-refractivity contribution >= 4 is 5.95 Å². The van der Waals surface area contributed by atoms with E-state index in [0.717, 1.165) is 11.3 Å². The summed E-state index contributed by atoms with van der Waals surface area (Å²) in [6, 6.07) is 1.65. The summed E-state index contributed by atoms with van der Waals surface area (Å²) in [6.07, 6.45) is 1.99. The molecule has 0 unspecified atom stereocenters. The molecule has 0 radical (unpaired) electrons. The molecular formula is C13H19N5O2. The molecule has 20 heavy (non-hydrogen) atoms. The van der Waals surface area contributed by atoms with Crippen molar-refractivity contribution in [2.24, 2.45) is 7.05 Å². The molecule has 2 heterocycles. The third-order valence-electron chi connectivity index (χ3n) is 2.95. The number of hydrogen-bond acceptors (Lipinski definition) is 6. The summed E-state index contributed by atoms with van der Waals surface area (Å²) in [5.41, 5.74) is 2.12. The van der Waals surface area contributed by atoms with E-state index in [9.17, 15) is 0 Å². The van der Waals surface area contributed by atoms with Crippen LogP contribution >= 0.6 is 0 Å². The van der Waals surface area contributed by atoms with Crippen LogP contribution < -0.4 is 14.4 Å². The van der Waals surface area contributed by atoms with Gasteiger partial charge in [-0.1, -0.05) is 0 Å². The van der Waals surface area contributed by atoms with Gasteiger partial charge in [-0.05, 0) is 6.92 Å². The Morgan fingerprint density at radius 2 is 1.80 bits per heavy atom. The van der Waals surface area contributed by atoms with Gasteiger partial charge in [0.15, 0.2) is 0 Å². The van der Waals surface area contributed by atoms with Crippen molar-refractivity contribution in [3.63, 3.8) is 0 Å². The third kappa shape index (κ3) is 2.98. The van der Waals surface area contributed by atoms with Crippen LogP contribution in [0.4, 0.5) is 5.95 Å². The first-order valence-corrected chi connectivity index (χ1v) is 6.20. The van der Waals surface area contributed by atoms with Gasteiger partial charge >= 0.3 is 0 Å². The Morgan fingerprint density at radius 3 is 2.25 bits per heavy atom. The smallest absolute Gasteiger partial charge is 0.232 e. The molecule has 7 heteroatoms. The minimum Gasteiger partial charge on any atom is -0.481 e. The van der Waals surface area contributed by atoms with E-state index < -0.39 is 0 Å². The second-order valence-electron chi connectivity index (χ2n) is 4.52. The van der Waals surface area contributed by atoms with E-state index >= 15 is 0 Å². The monoisotopic (exact) mass is 277 g/mol. The lowest BCUT2D eigenvalue weighted by molar-refractivity contribution is 0.371. The molecule has 0 saturated heterocycles. The summed E-state index contributed by atoms with van der Waals surface area (Å²) < 4.78 is 12.1. The average molecular weight is 277 g/mol. The van der Waals surface area contributed by atoms with E-state index in [1.54, 1.807) is 25.0 Å². The van der Waals surface area contributed by atoms with Gasteiger partial charge in [-0.15, -0.1) is 0 Å². The van der Waals surface area contributed by atoms with Gasteiger partial charge in [0, 0.05) is 32.4 Å². The molecule has 0 amide bonds. The van der Waals surface area contributed by atoms with Gasteiger partial charge in [0.2, 0.25) is 17.7 Å². The minimum absolute atomic E-state index is 0.474. The van der Waals surface area contributed by atoms with Crippen LogP contribution in [0.25, 0.3) is 0 Å². The highest BCUT2D eigenvalue weighted by Gasteiger charge is 2.12. The van der Waals surface area contributed by atoms with Gasteiger partial charge in [0.05, 0.1) is 26.0 Å². The minimum atomic E-state index is 0.474. The fraction of sp³-hybridized carbons (Fsp3) is 0.462. The Bertz CT molecular complexity index is 574. The number of anilines is 1. The lowest BCUT2D eigenvalue weighted by atomic mass is 10.2. The first kappa shape index (κ1) is 14.1. The molecule has 0 saturated carbocycles. The lowest BCUT2D eigenvalue weighted by Crippen LogP contribution is -2.19. The van der Waals surface area contributed by atoms with E-state index in [4.69, 9.17) is 9.47 Å². The summed E-state index contributed by atoms with van der Waals surface area (Å²) in [5.74, 6) is 1.49. The molecule has 2 aromatic heterocycles. The molecule has 7 nitrogen and oxygen atoms in total. The fourth-order valence-electron chi connectivity index (χ4n) is 1.90. The van der Waals surface area contributed by atoms with Crippen LogP contribution in [0.5, 0.6) is 11.8 Å². The van der Waals surface area contributed by atoms with Gasteiger partial charge in [0.25, 0.3) is 0 Å². The molecule has 2 aromatic rings. The summed E-state index contributed by atoms with van der Waals surface area (Å²) >= 11 is 0. The van der Waals surface area contributed by atoms with Gasteiger partial charge in [-0.25, -0.2) is 0 Å². The van der Waals surface area contributed by atoms with Crippen LogP contribution in [0, 0.1) is 6.92 Å². The molecule has 0 aliphatic carbocycles. The van der Waals surface area contributed by atoms with Crippen molar-refractivity contribution in [2.75, 3.05) is 26.2 Å². The first-order valence-electron chi connectivity index (χ1n) is 6.20. The highest BCUT2D eigenvalue weighted by Crippen LogP contribution is 2.20. The summed E-state index contributed by atoms with van der Waals surface area (Å²) in [5, 5.41) is 4.33. The number of aromatic nitrogens is 4. The molecule has 0 bridgehead atoms. The van der Waals surface area contributed by atoms with E-state index in [0.29, 0.717) is 24.3 Å². The Hall–Kier alpha value is -2.31. The predicted molar refractivity (Wildman–Crippen MR) is 75.2 cm³/mol. The van der Waals surface area contributed by atoms with Crippen molar-refractivity contribution in [2.45, 2.75) is 13.5 Å². The van der Waals surface area contributed by atoms with Crippen LogP contribution in [0.15, 0.2) is 12.3 Å². The third-order valence-corrected chi connectivity index (χ3v) is 2.95. The number of methoxy groups -OCH3 is 2. The summed E-state index contributed by atoms with van der Waals surface area (Å²) in [6.45, 7) is 2.65. The molecule has 2 rings (SSSR count). The highest BCUT2D eigenvalue weighted by molar-refractivity contribution is 5.37. The Kier molecular flexibility index (Phi) is 4.07. The molecule has 0 aliphatic rings. The Labute approximate surface area is 118 Å². The average Bonchev–Trinajstić information content (AvgIpc) is 2.76. The van der Waals surface area contributed by atoms with Crippen LogP contribution in [0.1, 0.15) is 11.3 Å². The van der Waals surface area contributed by atoms with Crippen molar-refractivity contribution in [1.29, 1.82) is 0 Å². The maximum atomic E-state index is 5.15. The predicted octanol–water partition coefficient (Wildman–Crippen LogP) is 1.17. The van der Waals surface area contributed by atoms with Gasteiger partial charge < -0.3 is 14.4 Å². The Morgan fingerprint density at radius 1 is 1.20 bits per heavy atom. The number of rotatable bonds is 5. The van der Waals surface area contributed by atoms with E-state index in [2.05, 4.69) is 15.1 Å². The second-order valence-corrected chi connectivity index (χ2v) is 4.52. The van der Waals surface area contributed by atoms with Gasteiger partial charge in [-0.3, -0.25) is 4.68 Å². The lowest BCUT2D eigenvalue weighted by Gasteiger charge is -2.17. The van der Waals surface area contributed by atoms with Crippen LogP contribution in [-0.4, -0.2) is 41.0 Å². The molecular weight excluding hydrogens is 258 g/mol. The second kappa shape index (κ2) is 5.77. The zero-order valence-corrected chi connectivity index (χ0v) is 12.4. The number of aryl methyl sites for hydroxylation is 2. The quantitative estimate of drug-likeness (QED) is 0.817. The zero-order valence-electron chi connectivity index (χ0n) is 12.4. The maximum absolute atomic E-state index is 5.15. The molecule has 108 valence electrons. The van der Waals surface area contributed by atoms with Gasteiger partial charge in [0.1, 0.15) is 0 Å². The van der Waals surface area contributed by atoms with Crippen LogP contribution in [0.3, 0.4) is 0 Å². The Balaban J connectivity index is 2.24. The van der Waals surface area contributed by atoms with Crippen molar-refractivity contribution in [3.8, 4) is 11.8 Å². The first-order chi connectivity index (χ1) is 9.53. The SMILES string of the molecule is COc1cc(OC)nc(N(C)Cc2cn(C)nc2C)n1. The molecule has 0 spiro atoms. The topological polar surface area (TPSA) is 65.3 Å². The van der Waals surface area contributed by atoms with Crippen LogP contribution in [-0.2, 0) is 13.6 Å². The standard InChI is InChI=1S/C13H19N5O2/c1-9-10(8-18(3)16-9)7-17(2)13-14-11(19-4)6-12(15-13)20-5/h6,8H,7H2,1-5H3. The summed E-state index contributed by atoms with van der Waals surface area (Å²) in [7, 11) is 6.95. The highest BCUT2D eigenvalue weighted by atomic mass is 16.5. The normalized spacial score (nSPS) is 10.4. The number of nitrogens with zero attached hydrogens (tertiary/aromatic N) is 5. The van der Waals surface area contributed by atoms with E-state index in [1.807, 2.05) is 32.1 Å². The fourth-order valence-corrected chi connectivity index (χ4v) is 1.90. The van der Waals surface area contributed by atoms with E-state index in [-0.39, 0.29) is 0 Å². The molecule has 0 atom stereocenters. The van der Waals surface area contributed by atoms with Gasteiger partial charge in [-0.2, -0.15) is 15.1 Å². The van der Waals surface area contributed by atoms with Crippen molar-refractivity contribution < 1.29 is 9.47 Å².